The third-order valence-corrected chi connectivity index (χ3v) is 4.47. The molecule has 7 nitrogen and oxygen atoms in total. The van der Waals surface area contributed by atoms with E-state index in [4.69, 9.17) is 5.11 Å². The summed E-state index contributed by atoms with van der Waals surface area (Å²) in [7, 11) is 0. The van der Waals surface area contributed by atoms with Gasteiger partial charge in [-0.2, -0.15) is 5.10 Å². The van der Waals surface area contributed by atoms with Crippen LogP contribution in [0.4, 0.5) is 0 Å². The molecule has 2 N–H and O–H groups in total. The van der Waals surface area contributed by atoms with E-state index in [0.29, 0.717) is 6.42 Å². The van der Waals surface area contributed by atoms with Gasteiger partial charge >= 0.3 is 5.97 Å². The number of aromatic nitrogens is 3. The number of rotatable bonds is 7. The zero-order valence-electron chi connectivity index (χ0n) is 14.2. The van der Waals surface area contributed by atoms with E-state index in [9.17, 15) is 14.7 Å². The van der Waals surface area contributed by atoms with Crippen molar-refractivity contribution < 1.29 is 15.0 Å². The number of aliphatic carboxylic acids is 1. The van der Waals surface area contributed by atoms with Gasteiger partial charge in [0.25, 0.3) is 0 Å². The third-order valence-electron chi connectivity index (χ3n) is 4.47. The fourth-order valence-electron chi connectivity index (χ4n) is 2.46. The van der Waals surface area contributed by atoms with Crippen molar-refractivity contribution >= 4 is 17.4 Å². The summed E-state index contributed by atoms with van der Waals surface area (Å²) in [5.41, 5.74) is 0.811. The Bertz CT molecular complexity index is 855. The van der Waals surface area contributed by atoms with Crippen LogP contribution in [0.1, 0.15) is 52.1 Å². The second-order valence-corrected chi connectivity index (χ2v) is 6.73. The highest BCUT2D eigenvalue weighted by atomic mass is 16.4. The van der Waals surface area contributed by atoms with Crippen molar-refractivity contribution in [2.24, 2.45) is 5.41 Å². The molecule has 7 heteroatoms. The number of carboxylic acid groups (broad SMARTS) is 1. The number of pyridine rings is 1. The van der Waals surface area contributed by atoms with Crippen molar-refractivity contribution in [1.29, 1.82) is 0 Å². The fraction of sp³-hybridized carbons (Fsp3) is 0.529. The average molecular weight is 333 g/mol. The highest BCUT2D eigenvalue weighted by Crippen LogP contribution is 2.26. The lowest BCUT2D eigenvalue weighted by Crippen LogP contribution is -2.31. The van der Waals surface area contributed by atoms with Gasteiger partial charge in [0, 0.05) is 18.2 Å². The van der Waals surface area contributed by atoms with Crippen LogP contribution in [0.2, 0.25) is 0 Å². The number of fused-ring (bicyclic) bond motifs is 1. The molecule has 0 atom stereocenters. The van der Waals surface area contributed by atoms with E-state index in [0.717, 1.165) is 18.5 Å². The van der Waals surface area contributed by atoms with Crippen LogP contribution in [0.15, 0.2) is 17.2 Å². The number of carboxylic acids is 1. The van der Waals surface area contributed by atoms with Crippen LogP contribution in [0.25, 0.3) is 11.4 Å². The SMILES string of the molecule is CCC(C)(C)CCc1cc(=O)/c(=C(/O)CCC(=O)O)c2ncnn12. The highest BCUT2D eigenvalue weighted by Gasteiger charge is 2.18. The molecule has 0 aliphatic rings. The lowest BCUT2D eigenvalue weighted by Gasteiger charge is -2.22. The predicted octanol–water partition coefficient (Wildman–Crippen LogP) is 1.71. The molecular formula is C17H23N3O4. The Morgan fingerprint density at radius 3 is 2.62 bits per heavy atom. The van der Waals surface area contributed by atoms with Crippen LogP contribution in [-0.4, -0.2) is 30.8 Å². The molecule has 2 aromatic heterocycles. The molecule has 2 aromatic rings. The Balaban J connectivity index is 2.48. The Hall–Kier alpha value is -2.44. The molecule has 0 spiro atoms. The first kappa shape index (κ1) is 17.9. The van der Waals surface area contributed by atoms with E-state index in [2.05, 4.69) is 30.9 Å². The number of aliphatic hydroxyl groups excluding tert-OH is 1. The molecule has 0 saturated heterocycles. The maximum absolute atomic E-state index is 12.4. The molecule has 0 fully saturated rings. The topological polar surface area (TPSA) is 105 Å². The van der Waals surface area contributed by atoms with Gasteiger partial charge in [-0.05, 0) is 18.3 Å². The Morgan fingerprint density at radius 2 is 2.00 bits per heavy atom. The molecular weight excluding hydrogens is 310 g/mol. The standard InChI is InChI=1S/C17H23N3O4/c1-4-17(2,3)8-7-11-9-13(22)15(12(21)5-6-14(23)24)16-18-10-19-20(11)16/h9-10,21H,4-8H2,1-3H3,(H,23,24)/b15-12-. The smallest absolute Gasteiger partial charge is 0.303 e. The monoisotopic (exact) mass is 333 g/mol. The van der Waals surface area contributed by atoms with Crippen molar-refractivity contribution in [1.82, 2.24) is 14.6 Å². The van der Waals surface area contributed by atoms with Crippen molar-refractivity contribution in [2.75, 3.05) is 0 Å². The molecule has 0 aliphatic carbocycles. The van der Waals surface area contributed by atoms with Gasteiger partial charge < -0.3 is 10.2 Å². The van der Waals surface area contributed by atoms with Crippen LogP contribution in [-0.2, 0) is 11.2 Å². The lowest BCUT2D eigenvalue weighted by molar-refractivity contribution is -0.136. The van der Waals surface area contributed by atoms with Gasteiger partial charge in [0.05, 0.1) is 6.42 Å². The Kier molecular flexibility index (Phi) is 5.21. The summed E-state index contributed by atoms with van der Waals surface area (Å²) in [5.74, 6) is -1.30. The number of hydrogen-bond donors (Lipinski definition) is 2. The maximum atomic E-state index is 12.4. The number of nitrogens with zero attached hydrogens (tertiary/aromatic N) is 3. The summed E-state index contributed by atoms with van der Waals surface area (Å²) in [6, 6.07) is 1.46. The Morgan fingerprint density at radius 1 is 1.29 bits per heavy atom. The molecule has 0 aromatic carbocycles. The summed E-state index contributed by atoms with van der Waals surface area (Å²) < 4.78 is 1.56. The van der Waals surface area contributed by atoms with Crippen LogP contribution < -0.4 is 10.6 Å². The summed E-state index contributed by atoms with van der Waals surface area (Å²) in [6.07, 6.45) is 3.56. The van der Waals surface area contributed by atoms with Gasteiger partial charge in [0.2, 0.25) is 0 Å². The van der Waals surface area contributed by atoms with E-state index < -0.39 is 5.97 Å². The van der Waals surface area contributed by atoms with E-state index in [-0.39, 0.29) is 40.3 Å². The molecule has 0 saturated carbocycles. The molecule has 0 unspecified atom stereocenters. The van der Waals surface area contributed by atoms with Gasteiger partial charge in [0.15, 0.2) is 11.1 Å². The molecule has 0 radical (unpaired) electrons. The van der Waals surface area contributed by atoms with E-state index in [1.165, 1.54) is 12.4 Å². The zero-order chi connectivity index (χ0) is 17.9. The van der Waals surface area contributed by atoms with Gasteiger partial charge in [-0.1, -0.05) is 27.2 Å². The lowest BCUT2D eigenvalue weighted by atomic mass is 9.84. The van der Waals surface area contributed by atoms with Gasteiger partial charge in [-0.15, -0.1) is 0 Å². The summed E-state index contributed by atoms with van der Waals surface area (Å²) in [5, 5.41) is 23.0. The second-order valence-electron chi connectivity index (χ2n) is 6.73. The van der Waals surface area contributed by atoms with Crippen molar-refractivity contribution in [3.63, 3.8) is 0 Å². The van der Waals surface area contributed by atoms with E-state index >= 15 is 0 Å². The number of aliphatic hydroxyl groups is 1. The Labute approximate surface area is 139 Å². The minimum atomic E-state index is -1.04. The zero-order valence-corrected chi connectivity index (χ0v) is 14.2. The van der Waals surface area contributed by atoms with Crippen molar-refractivity contribution in [3.8, 4) is 0 Å². The van der Waals surface area contributed by atoms with Crippen LogP contribution in [0.5, 0.6) is 0 Å². The van der Waals surface area contributed by atoms with Gasteiger partial charge in [-0.3, -0.25) is 9.59 Å². The summed E-state index contributed by atoms with van der Waals surface area (Å²) in [6.45, 7) is 6.47. The molecule has 24 heavy (non-hydrogen) atoms. The third kappa shape index (κ3) is 3.90. The van der Waals surface area contributed by atoms with Crippen molar-refractivity contribution in [3.05, 3.63) is 33.5 Å². The number of aryl methyl sites for hydroxylation is 1. The van der Waals surface area contributed by atoms with Crippen LogP contribution in [0, 0.1) is 5.41 Å². The van der Waals surface area contributed by atoms with Gasteiger partial charge in [0.1, 0.15) is 17.3 Å². The minimum Gasteiger partial charge on any atom is -0.511 e. The highest BCUT2D eigenvalue weighted by molar-refractivity contribution is 5.68. The molecule has 2 rings (SSSR count). The second kappa shape index (κ2) is 6.98. The predicted molar refractivity (Wildman–Crippen MR) is 89.8 cm³/mol. The first-order valence-electron chi connectivity index (χ1n) is 8.04. The molecule has 0 amide bonds. The number of carbonyl (C=O) groups is 1. The quantitative estimate of drug-likeness (QED) is 0.799. The van der Waals surface area contributed by atoms with E-state index in [1.807, 2.05) is 0 Å². The minimum absolute atomic E-state index is 0.0345. The first-order valence-corrected chi connectivity index (χ1v) is 8.04. The molecule has 0 aliphatic heterocycles. The molecule has 2 heterocycles. The van der Waals surface area contributed by atoms with E-state index in [1.54, 1.807) is 4.52 Å². The first-order chi connectivity index (χ1) is 11.2. The normalized spacial score (nSPS) is 13.3. The average Bonchev–Trinajstić information content (AvgIpc) is 2.99. The van der Waals surface area contributed by atoms with Crippen molar-refractivity contribution in [2.45, 2.75) is 52.9 Å². The maximum Gasteiger partial charge on any atom is 0.303 e. The summed E-state index contributed by atoms with van der Waals surface area (Å²) >= 11 is 0. The van der Waals surface area contributed by atoms with Crippen LogP contribution in [0.3, 0.4) is 0 Å². The summed E-state index contributed by atoms with van der Waals surface area (Å²) in [4.78, 5) is 27.2. The number of hydrogen-bond acceptors (Lipinski definition) is 5. The largest absolute Gasteiger partial charge is 0.511 e. The van der Waals surface area contributed by atoms with Gasteiger partial charge in [-0.25, -0.2) is 9.50 Å². The van der Waals surface area contributed by atoms with Crippen LogP contribution >= 0.6 is 0 Å². The fourth-order valence-corrected chi connectivity index (χ4v) is 2.46. The molecule has 0 bridgehead atoms. The molecule has 130 valence electrons.